The minimum absolute atomic E-state index is 0.00516. The molecule has 0 aliphatic carbocycles. The highest BCUT2D eigenvalue weighted by Gasteiger charge is 2.23. The van der Waals surface area contributed by atoms with Crippen molar-refractivity contribution in [3.05, 3.63) is 142 Å². The number of hydrogen-bond donors (Lipinski definition) is 2. The van der Waals surface area contributed by atoms with Crippen LogP contribution in [0.25, 0.3) is 10.9 Å². The fourth-order valence-electron chi connectivity index (χ4n) is 4.56. The lowest BCUT2D eigenvalue weighted by atomic mass is 9.87. The SMILES string of the molecule is O=C(C[C@H](c1cccc(OCc2ccccc2)c1)c1c[nH]c2ccc([N+](=O)[O-])cc12)NCc1ccccc1. The number of hydrogen-bond acceptors (Lipinski definition) is 4. The van der Waals surface area contributed by atoms with Gasteiger partial charge in [-0.25, -0.2) is 0 Å². The smallest absolute Gasteiger partial charge is 0.270 e. The van der Waals surface area contributed by atoms with Crippen molar-refractivity contribution in [1.29, 1.82) is 0 Å². The van der Waals surface area contributed by atoms with Gasteiger partial charge in [0.15, 0.2) is 0 Å². The summed E-state index contributed by atoms with van der Waals surface area (Å²) < 4.78 is 6.05. The van der Waals surface area contributed by atoms with Gasteiger partial charge in [0.25, 0.3) is 5.69 Å². The second-order valence-electron chi connectivity index (χ2n) is 9.10. The summed E-state index contributed by atoms with van der Waals surface area (Å²) in [5, 5.41) is 15.2. The van der Waals surface area contributed by atoms with Crippen molar-refractivity contribution in [2.75, 3.05) is 0 Å². The van der Waals surface area contributed by atoms with E-state index in [2.05, 4.69) is 10.3 Å². The fraction of sp³-hybridized carbons (Fsp3) is 0.129. The van der Waals surface area contributed by atoms with Crippen LogP contribution >= 0.6 is 0 Å². The summed E-state index contributed by atoms with van der Waals surface area (Å²) >= 11 is 0. The number of ether oxygens (including phenoxy) is 1. The van der Waals surface area contributed by atoms with Gasteiger partial charge in [0, 0.05) is 48.1 Å². The third-order valence-corrected chi connectivity index (χ3v) is 6.51. The van der Waals surface area contributed by atoms with Crippen molar-refractivity contribution in [2.24, 2.45) is 0 Å². The van der Waals surface area contributed by atoms with Crippen molar-refractivity contribution in [3.63, 3.8) is 0 Å². The predicted molar refractivity (Wildman–Crippen MR) is 147 cm³/mol. The number of H-pyrrole nitrogens is 1. The number of rotatable bonds is 10. The van der Waals surface area contributed by atoms with Gasteiger partial charge >= 0.3 is 0 Å². The molecular weight excluding hydrogens is 478 g/mol. The molecule has 0 fully saturated rings. The predicted octanol–water partition coefficient (Wildman–Crippen LogP) is 6.49. The van der Waals surface area contributed by atoms with Gasteiger partial charge in [-0.05, 0) is 40.5 Å². The van der Waals surface area contributed by atoms with E-state index < -0.39 is 4.92 Å². The maximum atomic E-state index is 13.1. The Kier molecular flexibility index (Phi) is 7.45. The highest BCUT2D eigenvalue weighted by Crippen LogP contribution is 2.36. The molecule has 0 unspecified atom stereocenters. The van der Waals surface area contributed by atoms with Crippen LogP contribution in [0.5, 0.6) is 5.75 Å². The van der Waals surface area contributed by atoms with Crippen LogP contribution in [0, 0.1) is 10.1 Å². The van der Waals surface area contributed by atoms with Crippen LogP contribution < -0.4 is 10.1 Å². The molecule has 2 N–H and O–H groups in total. The zero-order valence-electron chi connectivity index (χ0n) is 20.7. The Morgan fingerprint density at radius 1 is 0.895 bits per heavy atom. The largest absolute Gasteiger partial charge is 0.489 e. The van der Waals surface area contributed by atoms with Crippen molar-refractivity contribution < 1.29 is 14.5 Å². The van der Waals surface area contributed by atoms with Gasteiger partial charge < -0.3 is 15.0 Å². The van der Waals surface area contributed by atoms with Gasteiger partial charge in [0.05, 0.1) is 4.92 Å². The van der Waals surface area contributed by atoms with Crippen molar-refractivity contribution in [2.45, 2.75) is 25.5 Å². The molecule has 0 aliphatic heterocycles. The Bertz CT molecular complexity index is 1550. The Hall–Kier alpha value is -4.91. The summed E-state index contributed by atoms with van der Waals surface area (Å²) in [6, 6.07) is 32.1. The van der Waals surface area contributed by atoms with E-state index in [1.165, 1.54) is 6.07 Å². The van der Waals surface area contributed by atoms with Crippen LogP contribution in [0.4, 0.5) is 5.69 Å². The van der Waals surface area contributed by atoms with Crippen LogP contribution in [-0.4, -0.2) is 15.8 Å². The van der Waals surface area contributed by atoms with E-state index in [0.29, 0.717) is 18.9 Å². The molecule has 1 aromatic heterocycles. The number of nitrogens with zero attached hydrogens (tertiary/aromatic N) is 1. The van der Waals surface area contributed by atoms with Crippen LogP contribution in [-0.2, 0) is 17.9 Å². The minimum atomic E-state index is -0.407. The number of aromatic nitrogens is 1. The summed E-state index contributed by atoms with van der Waals surface area (Å²) in [5.74, 6) is 0.225. The molecule has 4 aromatic carbocycles. The quantitative estimate of drug-likeness (QED) is 0.167. The van der Waals surface area contributed by atoms with Gasteiger partial charge in [0.1, 0.15) is 12.4 Å². The molecule has 7 heteroatoms. The third-order valence-electron chi connectivity index (χ3n) is 6.51. The molecule has 5 aromatic rings. The maximum Gasteiger partial charge on any atom is 0.270 e. The highest BCUT2D eigenvalue weighted by molar-refractivity contribution is 5.87. The van der Waals surface area contributed by atoms with Crippen molar-refractivity contribution in [1.82, 2.24) is 10.3 Å². The lowest BCUT2D eigenvalue weighted by molar-refractivity contribution is -0.384. The summed E-state index contributed by atoms with van der Waals surface area (Å²) in [7, 11) is 0. The van der Waals surface area contributed by atoms with E-state index in [0.717, 1.165) is 33.2 Å². The van der Waals surface area contributed by atoms with Crippen LogP contribution in [0.2, 0.25) is 0 Å². The minimum Gasteiger partial charge on any atom is -0.489 e. The summed E-state index contributed by atoms with van der Waals surface area (Å²) in [4.78, 5) is 27.4. The Labute approximate surface area is 220 Å². The molecule has 7 nitrogen and oxygen atoms in total. The van der Waals surface area contributed by atoms with Gasteiger partial charge in [-0.1, -0.05) is 72.8 Å². The Balaban J connectivity index is 1.44. The molecule has 5 rings (SSSR count). The molecule has 0 spiro atoms. The van der Waals surface area contributed by atoms with Crippen molar-refractivity contribution in [3.8, 4) is 5.75 Å². The van der Waals surface area contributed by atoms with E-state index in [1.807, 2.05) is 91.1 Å². The number of nitro groups is 1. The number of non-ortho nitro benzene ring substituents is 1. The number of aromatic amines is 1. The molecule has 0 saturated carbocycles. The number of carbonyl (C=O) groups is 1. The molecule has 1 amide bonds. The Morgan fingerprint density at radius 2 is 1.63 bits per heavy atom. The lowest BCUT2D eigenvalue weighted by Crippen LogP contribution is -2.25. The van der Waals surface area contributed by atoms with E-state index in [1.54, 1.807) is 12.1 Å². The van der Waals surface area contributed by atoms with Crippen LogP contribution in [0.1, 0.15) is 34.6 Å². The molecule has 0 aliphatic rings. The Morgan fingerprint density at radius 3 is 2.37 bits per heavy atom. The standard InChI is InChI=1S/C31H27N3O4/c35-31(33-19-22-8-3-1-4-9-22)18-27(29-20-32-30-15-14-25(34(36)37)17-28(29)30)24-12-7-13-26(16-24)38-21-23-10-5-2-6-11-23/h1-17,20,27,32H,18-19,21H2,(H,33,35)/t27-/m1/s1. The third kappa shape index (κ3) is 5.90. The molecule has 38 heavy (non-hydrogen) atoms. The molecule has 1 heterocycles. The van der Waals surface area contributed by atoms with Crippen LogP contribution in [0.3, 0.4) is 0 Å². The number of carbonyl (C=O) groups excluding carboxylic acids is 1. The van der Waals surface area contributed by atoms with Gasteiger partial charge in [-0.2, -0.15) is 0 Å². The maximum absolute atomic E-state index is 13.1. The fourth-order valence-corrected chi connectivity index (χ4v) is 4.56. The number of fused-ring (bicyclic) bond motifs is 1. The highest BCUT2D eigenvalue weighted by atomic mass is 16.6. The van der Waals surface area contributed by atoms with Crippen molar-refractivity contribution >= 4 is 22.5 Å². The van der Waals surface area contributed by atoms with Gasteiger partial charge in [0.2, 0.25) is 5.91 Å². The van der Waals surface area contributed by atoms with Gasteiger partial charge in [-0.3, -0.25) is 14.9 Å². The topological polar surface area (TPSA) is 97.3 Å². The first-order valence-corrected chi connectivity index (χ1v) is 12.4. The summed E-state index contributed by atoms with van der Waals surface area (Å²) in [6.07, 6.45) is 2.01. The first-order chi connectivity index (χ1) is 18.6. The van der Waals surface area contributed by atoms with Gasteiger partial charge in [-0.15, -0.1) is 0 Å². The number of nitro benzene ring substituents is 1. The second-order valence-corrected chi connectivity index (χ2v) is 9.10. The first kappa shape index (κ1) is 24.8. The molecular formula is C31H27N3O4. The molecule has 0 radical (unpaired) electrons. The molecule has 0 bridgehead atoms. The number of benzene rings is 4. The lowest BCUT2D eigenvalue weighted by Gasteiger charge is -2.18. The normalized spacial score (nSPS) is 11.7. The van der Waals surface area contributed by atoms with E-state index in [-0.39, 0.29) is 23.9 Å². The molecule has 190 valence electrons. The van der Waals surface area contributed by atoms with E-state index in [4.69, 9.17) is 4.74 Å². The van der Waals surface area contributed by atoms with E-state index in [9.17, 15) is 14.9 Å². The average Bonchev–Trinajstić information content (AvgIpc) is 3.38. The monoisotopic (exact) mass is 505 g/mol. The summed E-state index contributed by atoms with van der Waals surface area (Å²) in [5.41, 5.74) is 4.55. The zero-order chi connectivity index (χ0) is 26.3. The first-order valence-electron chi connectivity index (χ1n) is 12.4. The zero-order valence-corrected chi connectivity index (χ0v) is 20.7. The summed E-state index contributed by atoms with van der Waals surface area (Å²) in [6.45, 7) is 0.845. The van der Waals surface area contributed by atoms with E-state index >= 15 is 0 Å². The molecule has 1 atom stereocenters. The number of amides is 1. The van der Waals surface area contributed by atoms with Crippen LogP contribution in [0.15, 0.2) is 109 Å². The molecule has 0 saturated heterocycles. The average molecular weight is 506 g/mol. The second kappa shape index (κ2) is 11.4. The number of nitrogens with one attached hydrogen (secondary N) is 2.